The zero-order chi connectivity index (χ0) is 10.6. The Hall–Kier alpha value is -1.26. The lowest BCUT2D eigenvalue weighted by atomic mass is 10.3. The Morgan fingerprint density at radius 2 is 2.14 bits per heavy atom. The molecule has 0 saturated heterocycles. The van der Waals surface area contributed by atoms with Crippen LogP contribution in [0.3, 0.4) is 0 Å². The standard InChI is InChI=1S/C8H5Cl2NO3/c9-5-8(10)14-7-4-2-1-3-6(7)11(12)13/h1-5H. The summed E-state index contributed by atoms with van der Waals surface area (Å²) in [6.07, 6.45) is 0. The topological polar surface area (TPSA) is 52.4 Å². The van der Waals surface area contributed by atoms with Gasteiger partial charge in [0.15, 0.2) is 0 Å². The number of nitro benzene ring substituents is 1. The molecule has 0 amide bonds. The van der Waals surface area contributed by atoms with Crippen molar-refractivity contribution in [2.24, 2.45) is 0 Å². The van der Waals surface area contributed by atoms with Crippen LogP contribution in [0.15, 0.2) is 35.0 Å². The molecule has 4 nitrogen and oxygen atoms in total. The molecule has 0 aliphatic rings. The summed E-state index contributed by atoms with van der Waals surface area (Å²) >= 11 is 10.7. The van der Waals surface area contributed by atoms with Crippen LogP contribution in [0.2, 0.25) is 0 Å². The Kier molecular flexibility index (Phi) is 3.73. The molecule has 1 rings (SSSR count). The van der Waals surface area contributed by atoms with E-state index in [9.17, 15) is 10.1 Å². The third kappa shape index (κ3) is 2.61. The van der Waals surface area contributed by atoms with Crippen molar-refractivity contribution >= 4 is 28.9 Å². The summed E-state index contributed by atoms with van der Waals surface area (Å²) < 4.78 is 4.91. The van der Waals surface area contributed by atoms with Gasteiger partial charge in [0, 0.05) is 6.07 Å². The normalized spacial score (nSPS) is 11.1. The summed E-state index contributed by atoms with van der Waals surface area (Å²) in [5.41, 5.74) is 0.822. The van der Waals surface area contributed by atoms with Crippen molar-refractivity contribution in [1.29, 1.82) is 0 Å². The fourth-order valence-electron chi connectivity index (χ4n) is 0.822. The van der Waals surface area contributed by atoms with Crippen molar-refractivity contribution in [3.8, 4) is 5.75 Å². The lowest BCUT2D eigenvalue weighted by molar-refractivity contribution is -0.385. The van der Waals surface area contributed by atoms with Crippen LogP contribution in [0, 0.1) is 10.1 Å². The molecule has 0 atom stereocenters. The van der Waals surface area contributed by atoms with Crippen molar-refractivity contribution in [2.45, 2.75) is 0 Å². The van der Waals surface area contributed by atoms with E-state index in [1.165, 1.54) is 18.2 Å². The third-order valence-corrected chi connectivity index (χ3v) is 1.85. The van der Waals surface area contributed by atoms with E-state index < -0.39 is 4.92 Å². The molecule has 0 heterocycles. The molecule has 74 valence electrons. The van der Waals surface area contributed by atoms with E-state index in [1.807, 2.05) is 0 Å². The number of rotatable bonds is 3. The largest absolute Gasteiger partial charge is 0.437 e. The van der Waals surface area contributed by atoms with Gasteiger partial charge in [-0.05, 0) is 17.7 Å². The van der Waals surface area contributed by atoms with E-state index in [1.54, 1.807) is 6.07 Å². The van der Waals surface area contributed by atoms with Crippen molar-refractivity contribution in [2.75, 3.05) is 0 Å². The smallest absolute Gasteiger partial charge is 0.311 e. The minimum atomic E-state index is -0.562. The molecule has 0 unspecified atom stereocenters. The second-order valence-corrected chi connectivity index (χ2v) is 2.83. The van der Waals surface area contributed by atoms with Crippen LogP contribution in [0.1, 0.15) is 0 Å². The van der Waals surface area contributed by atoms with Gasteiger partial charge in [0.1, 0.15) is 0 Å². The average Bonchev–Trinajstić information content (AvgIpc) is 2.18. The maximum absolute atomic E-state index is 10.5. The summed E-state index contributed by atoms with van der Waals surface area (Å²) in [5, 5.41) is 10.4. The molecule has 0 spiro atoms. The molecule has 1 aromatic rings. The molecular weight excluding hydrogens is 229 g/mol. The SMILES string of the molecule is O=[N+]([O-])c1ccccc1OC(Cl)=CCl. The van der Waals surface area contributed by atoms with Gasteiger partial charge in [-0.2, -0.15) is 0 Å². The quantitative estimate of drug-likeness (QED) is 0.458. The Bertz CT molecular complexity index is 379. The van der Waals surface area contributed by atoms with Crippen molar-refractivity contribution in [1.82, 2.24) is 0 Å². The van der Waals surface area contributed by atoms with E-state index in [0.717, 1.165) is 5.54 Å². The number of nitro groups is 1. The fraction of sp³-hybridized carbons (Fsp3) is 0. The van der Waals surface area contributed by atoms with Gasteiger partial charge >= 0.3 is 5.69 Å². The first-order valence-electron chi connectivity index (χ1n) is 3.52. The Morgan fingerprint density at radius 1 is 1.50 bits per heavy atom. The molecule has 6 heteroatoms. The van der Waals surface area contributed by atoms with Gasteiger partial charge in [0.05, 0.1) is 10.5 Å². The lowest BCUT2D eigenvalue weighted by Crippen LogP contribution is -1.94. The van der Waals surface area contributed by atoms with Gasteiger partial charge in [0.25, 0.3) is 0 Å². The van der Waals surface area contributed by atoms with Crippen molar-refractivity contribution < 1.29 is 9.66 Å². The number of para-hydroxylation sites is 2. The summed E-state index contributed by atoms with van der Waals surface area (Å²) in [6.45, 7) is 0. The number of benzene rings is 1. The first-order valence-corrected chi connectivity index (χ1v) is 4.33. The fourth-order valence-corrected chi connectivity index (χ4v) is 0.949. The maximum atomic E-state index is 10.5. The zero-order valence-electron chi connectivity index (χ0n) is 6.81. The summed E-state index contributed by atoms with van der Waals surface area (Å²) in [4.78, 5) is 9.96. The highest BCUT2D eigenvalue weighted by atomic mass is 35.5. The van der Waals surface area contributed by atoms with E-state index in [2.05, 4.69) is 0 Å². The lowest BCUT2D eigenvalue weighted by Gasteiger charge is -2.02. The summed E-state index contributed by atoms with van der Waals surface area (Å²) in [6, 6.07) is 5.87. The third-order valence-electron chi connectivity index (χ3n) is 1.36. The molecule has 0 radical (unpaired) electrons. The second-order valence-electron chi connectivity index (χ2n) is 2.24. The van der Waals surface area contributed by atoms with Crippen LogP contribution in [0.25, 0.3) is 0 Å². The molecule has 0 saturated carbocycles. The van der Waals surface area contributed by atoms with Crippen LogP contribution in [0.5, 0.6) is 5.75 Å². The Morgan fingerprint density at radius 3 is 2.71 bits per heavy atom. The summed E-state index contributed by atoms with van der Waals surface area (Å²) in [5.74, 6) is 0.0550. The second kappa shape index (κ2) is 4.83. The Labute approximate surface area is 89.8 Å². The van der Waals surface area contributed by atoms with E-state index >= 15 is 0 Å². The molecule has 0 fully saturated rings. The number of ether oxygens (including phenoxy) is 1. The Balaban J connectivity index is 3.02. The highest BCUT2D eigenvalue weighted by Gasteiger charge is 2.14. The average molecular weight is 234 g/mol. The molecule has 0 aliphatic heterocycles. The van der Waals surface area contributed by atoms with Gasteiger partial charge in [0.2, 0.25) is 11.0 Å². The van der Waals surface area contributed by atoms with Gasteiger partial charge in [-0.3, -0.25) is 10.1 Å². The molecule has 0 N–H and O–H groups in total. The minimum absolute atomic E-state index is 0.0550. The summed E-state index contributed by atoms with van der Waals surface area (Å²) in [7, 11) is 0. The highest BCUT2D eigenvalue weighted by Crippen LogP contribution is 2.28. The first kappa shape index (κ1) is 10.8. The predicted molar refractivity (Wildman–Crippen MR) is 53.5 cm³/mol. The van der Waals surface area contributed by atoms with E-state index in [0.29, 0.717) is 0 Å². The van der Waals surface area contributed by atoms with Gasteiger partial charge < -0.3 is 4.74 Å². The van der Waals surface area contributed by atoms with Crippen molar-refractivity contribution in [3.63, 3.8) is 0 Å². The maximum Gasteiger partial charge on any atom is 0.311 e. The van der Waals surface area contributed by atoms with Crippen LogP contribution in [-0.2, 0) is 0 Å². The molecule has 1 aromatic carbocycles. The number of hydrogen-bond donors (Lipinski definition) is 0. The number of hydrogen-bond acceptors (Lipinski definition) is 3. The van der Waals surface area contributed by atoms with Crippen LogP contribution in [-0.4, -0.2) is 4.92 Å². The van der Waals surface area contributed by atoms with E-state index in [-0.39, 0.29) is 16.7 Å². The van der Waals surface area contributed by atoms with Crippen LogP contribution < -0.4 is 4.74 Å². The first-order chi connectivity index (χ1) is 6.65. The number of halogens is 2. The minimum Gasteiger partial charge on any atom is -0.437 e. The van der Waals surface area contributed by atoms with Crippen LogP contribution in [0.4, 0.5) is 5.69 Å². The molecule has 14 heavy (non-hydrogen) atoms. The molecular formula is C8H5Cl2NO3. The zero-order valence-corrected chi connectivity index (χ0v) is 8.33. The molecule has 0 bridgehead atoms. The van der Waals surface area contributed by atoms with E-state index in [4.69, 9.17) is 27.9 Å². The molecule has 0 aliphatic carbocycles. The predicted octanol–water partition coefficient (Wildman–Crippen LogP) is 3.25. The van der Waals surface area contributed by atoms with Gasteiger partial charge in [-0.1, -0.05) is 23.7 Å². The molecule has 0 aromatic heterocycles. The van der Waals surface area contributed by atoms with Crippen molar-refractivity contribution in [3.05, 3.63) is 45.1 Å². The highest BCUT2D eigenvalue weighted by molar-refractivity contribution is 6.35. The monoisotopic (exact) mass is 233 g/mol. The number of nitrogens with zero attached hydrogens (tertiary/aromatic N) is 1. The van der Waals surface area contributed by atoms with Crippen LogP contribution >= 0.6 is 23.2 Å². The van der Waals surface area contributed by atoms with Gasteiger partial charge in [-0.25, -0.2) is 0 Å². The van der Waals surface area contributed by atoms with Gasteiger partial charge in [-0.15, -0.1) is 0 Å².